The fourth-order valence-corrected chi connectivity index (χ4v) is 8.08. The third-order valence-electron chi connectivity index (χ3n) is 10.6. The summed E-state index contributed by atoms with van der Waals surface area (Å²) in [6.07, 6.45) is 1.94. The minimum atomic E-state index is 0.794. The quantitative estimate of drug-likeness (QED) is 0.166. The number of aromatic nitrogens is 2. The predicted octanol–water partition coefficient (Wildman–Crippen LogP) is 12.5. The Bertz CT molecular complexity index is 2790. The Balaban J connectivity index is 1.13. The average Bonchev–Trinajstić information content (AvgIpc) is 3.76. The highest BCUT2D eigenvalue weighted by molar-refractivity contribution is 6.10. The summed E-state index contributed by atoms with van der Waals surface area (Å²) in [4.78, 5) is 12.1. The molecule has 5 heteroatoms. The Morgan fingerprint density at radius 1 is 0.481 bits per heavy atom. The van der Waals surface area contributed by atoms with Crippen LogP contribution in [0.1, 0.15) is 0 Å². The van der Waals surface area contributed by atoms with E-state index in [1.165, 1.54) is 38.8 Å². The molecule has 0 amide bonds. The topological polar surface area (TPSA) is 27.5 Å². The molecule has 258 valence electrons. The predicted molar refractivity (Wildman–Crippen MR) is 226 cm³/mol. The van der Waals surface area contributed by atoms with Crippen molar-refractivity contribution in [3.05, 3.63) is 194 Å². The Morgan fingerprint density at radius 3 is 1.96 bits per heavy atom. The highest BCUT2D eigenvalue weighted by atomic mass is 15.4. The number of hydrogen-bond acceptors (Lipinski definition) is 4. The molecule has 0 aliphatic carbocycles. The second kappa shape index (κ2) is 13.1. The molecule has 0 unspecified atom stereocenters. The molecule has 0 atom stereocenters. The first-order valence-electron chi connectivity index (χ1n) is 18.4. The summed E-state index contributed by atoms with van der Waals surface area (Å²) in [7, 11) is 2.15. The summed E-state index contributed by atoms with van der Waals surface area (Å²) in [6, 6.07) is 67.2. The molecule has 0 radical (unpaired) electrons. The standard InChI is InChI=1S/C49H37N5/c1-51-34-52(47-26-13-12-25-46(47)51)38-19-14-20-39(32-38)53(37-17-6-3-7-18-37)40-27-28-44-43-23-10-11-24-45(43)54(48(44)33-40)49-31-36(29-30-50-49)42-22-9-8-21-41(42)35-15-4-2-5-16-35/h2-33H,34H2,1H3. The molecule has 10 rings (SSSR count). The van der Waals surface area contributed by atoms with Gasteiger partial charge in [-0.3, -0.25) is 4.57 Å². The maximum atomic E-state index is 5.02. The molecule has 54 heavy (non-hydrogen) atoms. The second-order valence-corrected chi connectivity index (χ2v) is 13.8. The summed E-state index contributed by atoms with van der Waals surface area (Å²) >= 11 is 0. The molecular weight excluding hydrogens is 659 g/mol. The molecule has 0 N–H and O–H groups in total. The zero-order valence-corrected chi connectivity index (χ0v) is 29.9. The van der Waals surface area contributed by atoms with Crippen LogP contribution >= 0.6 is 0 Å². The van der Waals surface area contributed by atoms with Crippen LogP contribution in [0.2, 0.25) is 0 Å². The van der Waals surface area contributed by atoms with Crippen molar-refractivity contribution in [2.24, 2.45) is 0 Å². The van der Waals surface area contributed by atoms with Crippen molar-refractivity contribution in [3.63, 3.8) is 0 Å². The van der Waals surface area contributed by atoms with Crippen LogP contribution in [0.15, 0.2) is 194 Å². The zero-order chi connectivity index (χ0) is 36.0. The van der Waals surface area contributed by atoms with E-state index in [1.807, 2.05) is 6.20 Å². The number of anilines is 6. The van der Waals surface area contributed by atoms with Gasteiger partial charge in [0.25, 0.3) is 0 Å². The van der Waals surface area contributed by atoms with E-state index >= 15 is 0 Å². The van der Waals surface area contributed by atoms with Gasteiger partial charge < -0.3 is 14.7 Å². The first kappa shape index (κ1) is 31.6. The van der Waals surface area contributed by atoms with Gasteiger partial charge in [0, 0.05) is 46.8 Å². The van der Waals surface area contributed by atoms with Gasteiger partial charge in [-0.2, -0.15) is 0 Å². The van der Waals surface area contributed by atoms with Crippen molar-refractivity contribution in [1.82, 2.24) is 9.55 Å². The highest BCUT2D eigenvalue weighted by Gasteiger charge is 2.25. The van der Waals surface area contributed by atoms with Crippen molar-refractivity contribution in [2.45, 2.75) is 0 Å². The molecule has 2 aromatic heterocycles. The SMILES string of the molecule is CN1CN(c2cccc(N(c3ccccc3)c3ccc4c5ccccc5n(-c5cc(-c6ccccc6-c6ccccc6)ccn5)c4c3)c2)c2ccccc21. The van der Waals surface area contributed by atoms with Crippen molar-refractivity contribution in [2.75, 3.05) is 28.4 Å². The van der Waals surface area contributed by atoms with Crippen molar-refractivity contribution in [1.29, 1.82) is 0 Å². The maximum Gasteiger partial charge on any atom is 0.138 e. The smallest absolute Gasteiger partial charge is 0.138 e. The summed E-state index contributed by atoms with van der Waals surface area (Å²) in [5, 5.41) is 2.38. The lowest BCUT2D eigenvalue weighted by molar-refractivity contribution is 0.949. The Kier molecular flexibility index (Phi) is 7.69. The molecule has 0 saturated heterocycles. The number of benzene rings is 7. The first-order valence-corrected chi connectivity index (χ1v) is 18.4. The molecule has 0 bridgehead atoms. The van der Waals surface area contributed by atoms with Gasteiger partial charge in [-0.05, 0) is 95.1 Å². The molecule has 9 aromatic rings. The van der Waals surface area contributed by atoms with Crippen LogP contribution in [0.3, 0.4) is 0 Å². The van der Waals surface area contributed by atoms with Crippen LogP contribution in [-0.4, -0.2) is 23.3 Å². The van der Waals surface area contributed by atoms with Gasteiger partial charge in [0.05, 0.1) is 29.1 Å². The molecular formula is C49H37N5. The van der Waals surface area contributed by atoms with Gasteiger partial charge in [0.15, 0.2) is 0 Å². The lowest BCUT2D eigenvalue weighted by Crippen LogP contribution is -2.24. The molecule has 0 spiro atoms. The highest BCUT2D eigenvalue weighted by Crippen LogP contribution is 2.44. The van der Waals surface area contributed by atoms with E-state index in [2.05, 4.69) is 214 Å². The van der Waals surface area contributed by atoms with E-state index in [9.17, 15) is 0 Å². The van der Waals surface area contributed by atoms with Crippen molar-refractivity contribution in [3.8, 4) is 28.1 Å². The Labute approximate surface area is 315 Å². The molecule has 1 aliphatic rings. The molecule has 5 nitrogen and oxygen atoms in total. The lowest BCUT2D eigenvalue weighted by atomic mass is 9.95. The number of hydrogen-bond donors (Lipinski definition) is 0. The van der Waals surface area contributed by atoms with Crippen LogP contribution < -0.4 is 14.7 Å². The van der Waals surface area contributed by atoms with Gasteiger partial charge in [0.2, 0.25) is 0 Å². The maximum absolute atomic E-state index is 5.02. The second-order valence-electron chi connectivity index (χ2n) is 13.8. The average molecular weight is 696 g/mol. The van der Waals surface area contributed by atoms with Gasteiger partial charge in [-0.25, -0.2) is 4.98 Å². The fraction of sp³-hybridized carbons (Fsp3) is 0.0408. The largest absolute Gasteiger partial charge is 0.355 e. The molecule has 3 heterocycles. The number of pyridine rings is 1. The lowest BCUT2D eigenvalue weighted by Gasteiger charge is -2.27. The van der Waals surface area contributed by atoms with Crippen LogP contribution in [-0.2, 0) is 0 Å². The normalized spacial score (nSPS) is 12.4. The van der Waals surface area contributed by atoms with E-state index in [1.54, 1.807) is 0 Å². The number of fused-ring (bicyclic) bond motifs is 4. The summed E-state index contributed by atoms with van der Waals surface area (Å²) in [6.45, 7) is 0.794. The van der Waals surface area contributed by atoms with Crippen LogP contribution in [0.5, 0.6) is 0 Å². The number of nitrogens with zero attached hydrogens (tertiary/aromatic N) is 5. The molecule has 1 aliphatic heterocycles. The fourth-order valence-electron chi connectivity index (χ4n) is 8.08. The van der Waals surface area contributed by atoms with E-state index in [0.29, 0.717) is 0 Å². The van der Waals surface area contributed by atoms with E-state index < -0.39 is 0 Å². The van der Waals surface area contributed by atoms with Gasteiger partial charge in [0.1, 0.15) is 5.82 Å². The zero-order valence-electron chi connectivity index (χ0n) is 29.9. The number of para-hydroxylation sites is 4. The van der Waals surface area contributed by atoms with E-state index in [-0.39, 0.29) is 0 Å². The van der Waals surface area contributed by atoms with Crippen molar-refractivity contribution < 1.29 is 0 Å². The molecule has 0 fully saturated rings. The molecule has 0 saturated carbocycles. The third kappa shape index (κ3) is 5.37. The first-order chi connectivity index (χ1) is 26.7. The van der Waals surface area contributed by atoms with Crippen molar-refractivity contribution >= 4 is 55.9 Å². The summed E-state index contributed by atoms with van der Waals surface area (Å²) in [5.74, 6) is 0.879. The van der Waals surface area contributed by atoms with E-state index in [0.717, 1.165) is 51.8 Å². The minimum Gasteiger partial charge on any atom is -0.355 e. The third-order valence-corrected chi connectivity index (χ3v) is 10.6. The van der Waals surface area contributed by atoms with E-state index in [4.69, 9.17) is 4.98 Å². The summed E-state index contributed by atoms with van der Waals surface area (Å²) in [5.41, 5.74) is 13.8. The van der Waals surface area contributed by atoms with Crippen LogP contribution in [0.25, 0.3) is 49.9 Å². The van der Waals surface area contributed by atoms with Gasteiger partial charge >= 0.3 is 0 Å². The number of rotatable bonds is 7. The molecule has 7 aromatic carbocycles. The summed E-state index contributed by atoms with van der Waals surface area (Å²) < 4.78 is 2.32. The Morgan fingerprint density at radius 2 is 1.13 bits per heavy atom. The monoisotopic (exact) mass is 695 g/mol. The Hall–Kier alpha value is -7.11. The minimum absolute atomic E-state index is 0.794. The van der Waals surface area contributed by atoms with Gasteiger partial charge in [-0.1, -0.05) is 115 Å². The van der Waals surface area contributed by atoms with Crippen LogP contribution in [0.4, 0.5) is 34.1 Å². The van der Waals surface area contributed by atoms with Gasteiger partial charge in [-0.15, -0.1) is 0 Å². The van der Waals surface area contributed by atoms with Crippen LogP contribution in [0, 0.1) is 0 Å².